The molecule has 8 aromatic rings. The molecule has 0 aliphatic carbocycles. The molecular formula is C36H22N2. The van der Waals surface area contributed by atoms with Crippen LogP contribution in [-0.4, -0.2) is 9.97 Å². The summed E-state index contributed by atoms with van der Waals surface area (Å²) in [6.45, 7) is 0. The van der Waals surface area contributed by atoms with Gasteiger partial charge in [-0.1, -0.05) is 109 Å². The highest BCUT2D eigenvalue weighted by atomic mass is 14.7. The van der Waals surface area contributed by atoms with Crippen molar-refractivity contribution in [2.75, 3.05) is 0 Å². The van der Waals surface area contributed by atoms with Crippen molar-refractivity contribution < 1.29 is 0 Å². The molecule has 2 aromatic heterocycles. The first kappa shape index (κ1) is 21.0. The predicted octanol–water partition coefficient (Wildman–Crippen LogP) is 9.58. The molecule has 0 fully saturated rings. The minimum absolute atomic E-state index is 0.942. The van der Waals surface area contributed by atoms with E-state index >= 15 is 0 Å². The van der Waals surface area contributed by atoms with Gasteiger partial charge in [-0.2, -0.15) is 0 Å². The summed E-state index contributed by atoms with van der Waals surface area (Å²) in [5.41, 5.74) is 6.39. The molecule has 8 rings (SSSR count). The van der Waals surface area contributed by atoms with Crippen LogP contribution in [0.3, 0.4) is 0 Å². The van der Waals surface area contributed by atoms with Crippen LogP contribution in [0.2, 0.25) is 0 Å². The normalized spacial score (nSPS) is 11.7. The zero-order valence-electron chi connectivity index (χ0n) is 20.6. The van der Waals surface area contributed by atoms with Gasteiger partial charge in [0, 0.05) is 22.5 Å². The fraction of sp³-hybridized carbons (Fsp3) is 0. The van der Waals surface area contributed by atoms with Gasteiger partial charge in [0.25, 0.3) is 0 Å². The highest BCUT2D eigenvalue weighted by Gasteiger charge is 2.12. The minimum atomic E-state index is 0.942. The molecule has 2 nitrogen and oxygen atoms in total. The third-order valence-corrected chi connectivity index (χ3v) is 7.67. The summed E-state index contributed by atoms with van der Waals surface area (Å²) in [6.07, 6.45) is 1.83. The third-order valence-electron chi connectivity index (χ3n) is 7.67. The van der Waals surface area contributed by atoms with Crippen LogP contribution in [0.4, 0.5) is 0 Å². The van der Waals surface area contributed by atoms with Crippen molar-refractivity contribution in [2.45, 2.75) is 0 Å². The quantitative estimate of drug-likeness (QED) is 0.229. The monoisotopic (exact) mass is 482 g/mol. The van der Waals surface area contributed by atoms with E-state index in [2.05, 4.69) is 126 Å². The number of hydrogen-bond donors (Lipinski definition) is 0. The Labute approximate surface area is 219 Å². The van der Waals surface area contributed by atoms with Crippen LogP contribution in [0.5, 0.6) is 0 Å². The summed E-state index contributed by atoms with van der Waals surface area (Å²) in [7, 11) is 0. The van der Waals surface area contributed by atoms with Crippen molar-refractivity contribution in [3.63, 3.8) is 0 Å². The summed E-state index contributed by atoms with van der Waals surface area (Å²) in [6, 6.07) is 45.6. The highest BCUT2D eigenvalue weighted by molar-refractivity contribution is 6.23. The van der Waals surface area contributed by atoms with E-state index < -0.39 is 0 Å². The number of rotatable bonds is 2. The number of hydrogen-bond acceptors (Lipinski definition) is 2. The van der Waals surface area contributed by atoms with Crippen molar-refractivity contribution in [2.24, 2.45) is 0 Å². The summed E-state index contributed by atoms with van der Waals surface area (Å²) in [5.74, 6) is 0. The number of fused-ring (bicyclic) bond motifs is 8. The smallest absolute Gasteiger partial charge is 0.0972 e. The lowest BCUT2D eigenvalue weighted by atomic mass is 9.90. The minimum Gasteiger partial charge on any atom is -0.254 e. The zero-order valence-corrected chi connectivity index (χ0v) is 20.6. The number of pyridine rings is 2. The predicted molar refractivity (Wildman–Crippen MR) is 160 cm³/mol. The van der Waals surface area contributed by atoms with Crippen molar-refractivity contribution >= 4 is 54.1 Å². The molecule has 2 heteroatoms. The number of nitrogens with zero attached hydrogens (tertiary/aromatic N) is 2. The van der Waals surface area contributed by atoms with Gasteiger partial charge in [0.15, 0.2) is 0 Å². The maximum absolute atomic E-state index is 5.03. The maximum Gasteiger partial charge on any atom is 0.0972 e. The molecule has 38 heavy (non-hydrogen) atoms. The number of aromatic nitrogens is 2. The molecule has 6 aromatic carbocycles. The van der Waals surface area contributed by atoms with Crippen LogP contribution in [0.15, 0.2) is 134 Å². The molecule has 0 unspecified atom stereocenters. The van der Waals surface area contributed by atoms with E-state index in [1.807, 2.05) is 12.3 Å². The average molecular weight is 483 g/mol. The van der Waals surface area contributed by atoms with E-state index in [0.29, 0.717) is 0 Å². The first-order valence-corrected chi connectivity index (χ1v) is 12.9. The Morgan fingerprint density at radius 1 is 0.421 bits per heavy atom. The Morgan fingerprint density at radius 2 is 1.05 bits per heavy atom. The molecule has 0 atom stereocenters. The largest absolute Gasteiger partial charge is 0.254 e. The van der Waals surface area contributed by atoms with Crippen molar-refractivity contribution in [1.82, 2.24) is 9.97 Å². The Hall–Kier alpha value is -5.08. The van der Waals surface area contributed by atoms with E-state index in [1.165, 1.54) is 43.4 Å². The molecule has 0 saturated carbocycles. The van der Waals surface area contributed by atoms with E-state index in [9.17, 15) is 0 Å². The third kappa shape index (κ3) is 3.21. The Kier molecular flexibility index (Phi) is 4.55. The fourth-order valence-electron chi connectivity index (χ4n) is 5.82. The zero-order chi connectivity index (χ0) is 25.1. The van der Waals surface area contributed by atoms with Crippen LogP contribution in [0, 0.1) is 0 Å². The Morgan fingerprint density at radius 3 is 1.92 bits per heavy atom. The SMILES string of the molecule is c1ccc2c(c1)ccc1cc(-c3ccc(-c4ccc5ccc6cccnc6c5n4)cc3)c3ccccc3c12. The van der Waals surface area contributed by atoms with Crippen LogP contribution in [-0.2, 0) is 0 Å². The van der Waals surface area contributed by atoms with Gasteiger partial charge in [-0.15, -0.1) is 0 Å². The second-order valence-electron chi connectivity index (χ2n) is 9.84. The fourth-order valence-corrected chi connectivity index (χ4v) is 5.82. The van der Waals surface area contributed by atoms with E-state index in [0.717, 1.165) is 33.1 Å². The van der Waals surface area contributed by atoms with Gasteiger partial charge in [-0.25, -0.2) is 4.98 Å². The molecule has 176 valence electrons. The van der Waals surface area contributed by atoms with Gasteiger partial charge in [-0.3, -0.25) is 4.98 Å². The van der Waals surface area contributed by atoms with Crippen molar-refractivity contribution in [3.05, 3.63) is 134 Å². The second-order valence-corrected chi connectivity index (χ2v) is 9.84. The molecule has 0 radical (unpaired) electrons. The molecule has 2 heterocycles. The molecule has 0 spiro atoms. The Balaban J connectivity index is 1.28. The van der Waals surface area contributed by atoms with E-state index in [4.69, 9.17) is 4.98 Å². The van der Waals surface area contributed by atoms with E-state index in [1.54, 1.807) is 0 Å². The average Bonchev–Trinajstić information content (AvgIpc) is 3.00. The molecule has 0 aliphatic heterocycles. The number of benzene rings is 6. The standard InChI is InChI=1S/C36H22N2/c1-2-8-29-23(6-1)13-18-28-22-32(30-9-3-4-10-31(30)34(28)29)24-11-14-25(15-12-24)33-20-19-27-17-16-26-7-5-21-37-35(26)36(27)38-33/h1-22H. The lowest BCUT2D eigenvalue weighted by Gasteiger charge is -2.13. The van der Waals surface area contributed by atoms with Crippen molar-refractivity contribution in [3.8, 4) is 22.4 Å². The van der Waals surface area contributed by atoms with Crippen molar-refractivity contribution in [1.29, 1.82) is 0 Å². The lowest BCUT2D eigenvalue weighted by molar-refractivity contribution is 1.37. The first-order chi connectivity index (χ1) is 18.8. The summed E-state index contributed by atoms with van der Waals surface area (Å²) < 4.78 is 0. The molecular weight excluding hydrogens is 460 g/mol. The van der Waals surface area contributed by atoms with Gasteiger partial charge >= 0.3 is 0 Å². The van der Waals surface area contributed by atoms with Crippen LogP contribution in [0.1, 0.15) is 0 Å². The van der Waals surface area contributed by atoms with Gasteiger partial charge in [0.1, 0.15) is 0 Å². The summed E-state index contributed by atoms with van der Waals surface area (Å²) in [4.78, 5) is 9.64. The first-order valence-electron chi connectivity index (χ1n) is 12.9. The molecule has 0 bridgehead atoms. The van der Waals surface area contributed by atoms with Crippen LogP contribution >= 0.6 is 0 Å². The molecule has 0 aliphatic rings. The summed E-state index contributed by atoms with van der Waals surface area (Å²) in [5, 5.41) is 9.92. The second kappa shape index (κ2) is 8.22. The molecule has 0 saturated heterocycles. The summed E-state index contributed by atoms with van der Waals surface area (Å²) >= 11 is 0. The van der Waals surface area contributed by atoms with Gasteiger partial charge in [0.05, 0.1) is 16.7 Å². The maximum atomic E-state index is 5.03. The van der Waals surface area contributed by atoms with E-state index in [-0.39, 0.29) is 0 Å². The van der Waals surface area contributed by atoms with Crippen LogP contribution < -0.4 is 0 Å². The van der Waals surface area contributed by atoms with Gasteiger partial charge in [-0.05, 0) is 61.6 Å². The van der Waals surface area contributed by atoms with Gasteiger partial charge in [0.2, 0.25) is 0 Å². The van der Waals surface area contributed by atoms with Crippen LogP contribution in [0.25, 0.3) is 76.5 Å². The molecule has 0 N–H and O–H groups in total. The topological polar surface area (TPSA) is 25.8 Å². The Bertz CT molecular complexity index is 2180. The van der Waals surface area contributed by atoms with Gasteiger partial charge < -0.3 is 0 Å². The lowest BCUT2D eigenvalue weighted by Crippen LogP contribution is -1.89. The molecule has 0 amide bonds. The highest BCUT2D eigenvalue weighted by Crippen LogP contribution is 2.38.